The van der Waals surface area contributed by atoms with E-state index in [1.165, 1.54) is 12.1 Å². The van der Waals surface area contributed by atoms with Crippen LogP contribution in [0.3, 0.4) is 0 Å². The number of hydrogen-bond donors (Lipinski definition) is 0. The molecule has 0 atom stereocenters. The molecule has 0 unspecified atom stereocenters. The highest BCUT2D eigenvalue weighted by Crippen LogP contribution is 2.12. The van der Waals surface area contributed by atoms with Crippen LogP contribution in [-0.2, 0) is 11.3 Å². The molecule has 4 heteroatoms. The van der Waals surface area contributed by atoms with E-state index < -0.39 is 4.92 Å². The maximum Gasteiger partial charge on any atom is 0.269 e. The Bertz CT molecular complexity index is 357. The zero-order chi connectivity index (χ0) is 11.3. The van der Waals surface area contributed by atoms with E-state index in [1.807, 2.05) is 6.92 Å². The van der Waals surface area contributed by atoms with Gasteiger partial charge in [-0.25, -0.2) is 0 Å². The number of non-ortho nitro benzene ring substituents is 1. The van der Waals surface area contributed by atoms with Crippen molar-refractivity contribution in [3.8, 4) is 0 Å². The summed E-state index contributed by atoms with van der Waals surface area (Å²) in [4.78, 5) is 9.96. The van der Waals surface area contributed by atoms with Gasteiger partial charge in [-0.1, -0.05) is 12.2 Å². The molecule has 1 rings (SSSR count). The van der Waals surface area contributed by atoms with Crippen molar-refractivity contribution in [1.29, 1.82) is 0 Å². The van der Waals surface area contributed by atoms with Crippen molar-refractivity contribution in [3.63, 3.8) is 0 Å². The average Bonchev–Trinajstić information content (AvgIpc) is 2.18. The van der Waals surface area contributed by atoms with Gasteiger partial charge >= 0.3 is 0 Å². The van der Waals surface area contributed by atoms with Crippen molar-refractivity contribution >= 4 is 5.69 Å². The van der Waals surface area contributed by atoms with Crippen molar-refractivity contribution in [2.45, 2.75) is 13.5 Å². The largest absolute Gasteiger partial charge is 0.372 e. The minimum atomic E-state index is -0.418. The first kappa shape index (κ1) is 11.4. The number of hydrogen-bond acceptors (Lipinski definition) is 3. The SMILES string of the molecule is C=C(C)COCc1ccc([N+](=O)[O-])cc1. The molecule has 0 amide bonds. The molecule has 0 aliphatic carbocycles. The molecule has 4 nitrogen and oxygen atoms in total. The minimum Gasteiger partial charge on any atom is -0.372 e. The molecule has 0 aromatic heterocycles. The van der Waals surface area contributed by atoms with E-state index in [9.17, 15) is 10.1 Å². The van der Waals surface area contributed by atoms with Crippen LogP contribution in [0.1, 0.15) is 12.5 Å². The maximum atomic E-state index is 10.4. The summed E-state index contributed by atoms with van der Waals surface area (Å²) >= 11 is 0. The molecule has 0 saturated heterocycles. The number of nitrogens with zero attached hydrogens (tertiary/aromatic N) is 1. The van der Waals surface area contributed by atoms with Gasteiger partial charge in [0.05, 0.1) is 18.1 Å². The fraction of sp³-hybridized carbons (Fsp3) is 0.273. The Morgan fingerprint density at radius 1 is 1.47 bits per heavy atom. The first-order valence-electron chi connectivity index (χ1n) is 4.55. The third-order valence-electron chi connectivity index (χ3n) is 1.76. The van der Waals surface area contributed by atoms with E-state index in [-0.39, 0.29) is 5.69 Å². The van der Waals surface area contributed by atoms with E-state index in [1.54, 1.807) is 12.1 Å². The van der Waals surface area contributed by atoms with E-state index in [0.29, 0.717) is 13.2 Å². The van der Waals surface area contributed by atoms with Gasteiger partial charge in [-0.05, 0) is 24.6 Å². The molecule has 0 spiro atoms. The van der Waals surface area contributed by atoms with Gasteiger partial charge in [0.15, 0.2) is 0 Å². The van der Waals surface area contributed by atoms with E-state index in [0.717, 1.165) is 11.1 Å². The Balaban J connectivity index is 2.50. The molecule has 0 saturated carbocycles. The number of rotatable bonds is 5. The molecule has 80 valence electrons. The quantitative estimate of drug-likeness (QED) is 0.423. The molecule has 0 radical (unpaired) electrons. The topological polar surface area (TPSA) is 52.4 Å². The fourth-order valence-corrected chi connectivity index (χ4v) is 1.06. The molecular formula is C11H13NO3. The summed E-state index contributed by atoms with van der Waals surface area (Å²) in [5.41, 5.74) is 1.97. The van der Waals surface area contributed by atoms with Gasteiger partial charge in [0, 0.05) is 12.1 Å². The van der Waals surface area contributed by atoms with Gasteiger partial charge in [0.1, 0.15) is 0 Å². The third-order valence-corrected chi connectivity index (χ3v) is 1.76. The monoisotopic (exact) mass is 207 g/mol. The van der Waals surface area contributed by atoms with E-state index in [2.05, 4.69) is 6.58 Å². The van der Waals surface area contributed by atoms with Crippen LogP contribution in [0.2, 0.25) is 0 Å². The second-order valence-corrected chi connectivity index (χ2v) is 3.37. The Kier molecular flexibility index (Phi) is 4.00. The van der Waals surface area contributed by atoms with Crippen LogP contribution in [0, 0.1) is 10.1 Å². The van der Waals surface area contributed by atoms with Crippen LogP contribution in [-0.4, -0.2) is 11.5 Å². The van der Waals surface area contributed by atoms with Crippen LogP contribution < -0.4 is 0 Å². The fourth-order valence-electron chi connectivity index (χ4n) is 1.06. The molecule has 0 aliphatic heterocycles. The highest BCUT2D eigenvalue weighted by atomic mass is 16.6. The number of benzene rings is 1. The van der Waals surface area contributed by atoms with Crippen LogP contribution in [0.25, 0.3) is 0 Å². The van der Waals surface area contributed by atoms with Gasteiger partial charge in [-0.3, -0.25) is 10.1 Å². The molecule has 1 aromatic carbocycles. The molecule has 1 aromatic rings. The van der Waals surface area contributed by atoms with Crippen LogP contribution in [0.15, 0.2) is 36.4 Å². The van der Waals surface area contributed by atoms with Gasteiger partial charge < -0.3 is 4.74 Å². The van der Waals surface area contributed by atoms with Crippen LogP contribution in [0.5, 0.6) is 0 Å². The average molecular weight is 207 g/mol. The molecule has 0 heterocycles. The summed E-state index contributed by atoms with van der Waals surface area (Å²) < 4.78 is 5.31. The predicted octanol–water partition coefficient (Wildman–Crippen LogP) is 2.69. The standard InChI is InChI=1S/C11H13NO3/c1-9(2)7-15-8-10-3-5-11(6-4-10)12(13)14/h3-6H,1,7-8H2,2H3. The summed E-state index contributed by atoms with van der Waals surface area (Å²) in [7, 11) is 0. The molecule has 0 bridgehead atoms. The lowest BCUT2D eigenvalue weighted by Crippen LogP contribution is -1.96. The predicted molar refractivity (Wildman–Crippen MR) is 57.6 cm³/mol. The number of nitro benzene ring substituents is 1. The Morgan fingerprint density at radius 2 is 2.07 bits per heavy atom. The first-order chi connectivity index (χ1) is 7.09. The van der Waals surface area contributed by atoms with Crippen molar-refractivity contribution in [1.82, 2.24) is 0 Å². The van der Waals surface area contributed by atoms with E-state index >= 15 is 0 Å². The highest BCUT2D eigenvalue weighted by Gasteiger charge is 2.03. The molecule has 0 N–H and O–H groups in total. The lowest BCUT2D eigenvalue weighted by atomic mass is 10.2. The molecule has 0 aliphatic rings. The number of ether oxygens (including phenoxy) is 1. The van der Waals surface area contributed by atoms with Gasteiger partial charge in [-0.15, -0.1) is 0 Å². The smallest absolute Gasteiger partial charge is 0.269 e. The number of nitro groups is 1. The highest BCUT2D eigenvalue weighted by molar-refractivity contribution is 5.32. The van der Waals surface area contributed by atoms with Gasteiger partial charge in [-0.2, -0.15) is 0 Å². The first-order valence-corrected chi connectivity index (χ1v) is 4.55. The van der Waals surface area contributed by atoms with Crippen molar-refractivity contribution in [2.24, 2.45) is 0 Å². The van der Waals surface area contributed by atoms with Crippen LogP contribution in [0.4, 0.5) is 5.69 Å². The second-order valence-electron chi connectivity index (χ2n) is 3.37. The van der Waals surface area contributed by atoms with Crippen molar-refractivity contribution in [2.75, 3.05) is 6.61 Å². The van der Waals surface area contributed by atoms with Gasteiger partial charge in [0.2, 0.25) is 0 Å². The maximum absolute atomic E-state index is 10.4. The second kappa shape index (κ2) is 5.26. The summed E-state index contributed by atoms with van der Waals surface area (Å²) in [6.45, 7) is 6.55. The van der Waals surface area contributed by atoms with Crippen molar-refractivity contribution in [3.05, 3.63) is 52.1 Å². The molecule has 0 fully saturated rings. The Morgan fingerprint density at radius 3 is 2.53 bits per heavy atom. The van der Waals surface area contributed by atoms with E-state index in [4.69, 9.17) is 4.74 Å². The third kappa shape index (κ3) is 3.91. The normalized spacial score (nSPS) is 9.93. The minimum absolute atomic E-state index is 0.0960. The Hall–Kier alpha value is -1.68. The van der Waals surface area contributed by atoms with Gasteiger partial charge in [0.25, 0.3) is 5.69 Å². The molecular weight excluding hydrogens is 194 g/mol. The Labute approximate surface area is 88.3 Å². The lowest BCUT2D eigenvalue weighted by Gasteiger charge is -2.03. The zero-order valence-corrected chi connectivity index (χ0v) is 8.60. The summed E-state index contributed by atoms with van der Waals surface area (Å²) in [6, 6.07) is 6.33. The zero-order valence-electron chi connectivity index (χ0n) is 8.60. The summed E-state index contributed by atoms with van der Waals surface area (Å²) in [6.07, 6.45) is 0. The summed E-state index contributed by atoms with van der Waals surface area (Å²) in [5.74, 6) is 0. The lowest BCUT2D eigenvalue weighted by molar-refractivity contribution is -0.384. The summed E-state index contributed by atoms with van der Waals surface area (Å²) in [5, 5.41) is 10.4. The van der Waals surface area contributed by atoms with Crippen molar-refractivity contribution < 1.29 is 9.66 Å². The molecule has 15 heavy (non-hydrogen) atoms. The van der Waals surface area contributed by atoms with Crippen LogP contribution >= 0.6 is 0 Å².